The number of quaternary nitrogens is 1. The molecular formula is C20H20BrFN3O+. The van der Waals surface area contributed by atoms with Gasteiger partial charge in [-0.1, -0.05) is 28.1 Å². The second kappa shape index (κ2) is 7.70. The summed E-state index contributed by atoms with van der Waals surface area (Å²) < 4.78 is 22.9. The van der Waals surface area contributed by atoms with E-state index in [4.69, 9.17) is 4.74 Å². The molecule has 2 heterocycles. The second-order valence-electron chi connectivity index (χ2n) is 6.43. The van der Waals surface area contributed by atoms with Gasteiger partial charge in [-0.15, -0.1) is 0 Å². The zero-order valence-electron chi connectivity index (χ0n) is 14.3. The number of hydrogen-bond acceptors (Lipinski definition) is 2. The predicted octanol–water partition coefficient (Wildman–Crippen LogP) is 2.86. The highest BCUT2D eigenvalue weighted by molar-refractivity contribution is 9.10. The van der Waals surface area contributed by atoms with Crippen LogP contribution in [0.5, 0.6) is 0 Å². The minimum atomic E-state index is -0.232. The van der Waals surface area contributed by atoms with Gasteiger partial charge in [0, 0.05) is 10.0 Å². The molecule has 134 valence electrons. The molecule has 1 aliphatic heterocycles. The van der Waals surface area contributed by atoms with Crippen molar-refractivity contribution in [1.82, 2.24) is 9.78 Å². The lowest BCUT2D eigenvalue weighted by molar-refractivity contribution is -0.921. The fraction of sp³-hybridized carbons (Fsp3) is 0.250. The average molecular weight is 417 g/mol. The summed E-state index contributed by atoms with van der Waals surface area (Å²) >= 11 is 3.46. The lowest BCUT2D eigenvalue weighted by Gasteiger charge is -2.23. The fourth-order valence-electron chi connectivity index (χ4n) is 3.34. The van der Waals surface area contributed by atoms with Crippen molar-refractivity contribution < 1.29 is 14.0 Å². The third-order valence-corrected chi connectivity index (χ3v) is 5.21. The summed E-state index contributed by atoms with van der Waals surface area (Å²) in [4.78, 5) is 1.43. The number of aromatic nitrogens is 2. The highest BCUT2D eigenvalue weighted by atomic mass is 79.9. The maximum absolute atomic E-state index is 14.6. The van der Waals surface area contributed by atoms with Crippen LogP contribution in [0.4, 0.5) is 4.39 Å². The summed E-state index contributed by atoms with van der Waals surface area (Å²) in [5, 5.41) is 4.59. The molecule has 4 nitrogen and oxygen atoms in total. The zero-order valence-corrected chi connectivity index (χ0v) is 15.9. The first-order valence-electron chi connectivity index (χ1n) is 8.71. The number of morpholine rings is 1. The Kier molecular flexibility index (Phi) is 5.15. The van der Waals surface area contributed by atoms with Crippen molar-refractivity contribution in [3.63, 3.8) is 0 Å². The Balaban J connectivity index is 1.79. The average Bonchev–Trinajstić information content (AvgIpc) is 3.07. The molecule has 0 radical (unpaired) electrons. The number of halogens is 2. The predicted molar refractivity (Wildman–Crippen MR) is 102 cm³/mol. The highest BCUT2D eigenvalue weighted by Gasteiger charge is 2.22. The molecular weight excluding hydrogens is 397 g/mol. The summed E-state index contributed by atoms with van der Waals surface area (Å²) in [6, 6.07) is 14.8. The Bertz CT molecular complexity index is 888. The van der Waals surface area contributed by atoms with Crippen LogP contribution in [0.25, 0.3) is 16.9 Å². The van der Waals surface area contributed by atoms with Gasteiger partial charge in [-0.25, -0.2) is 9.07 Å². The van der Waals surface area contributed by atoms with Crippen LogP contribution in [0.3, 0.4) is 0 Å². The lowest BCUT2D eigenvalue weighted by atomic mass is 10.1. The van der Waals surface area contributed by atoms with E-state index in [1.54, 1.807) is 6.07 Å². The fourth-order valence-corrected chi connectivity index (χ4v) is 3.60. The van der Waals surface area contributed by atoms with Crippen molar-refractivity contribution in [2.24, 2.45) is 0 Å². The van der Waals surface area contributed by atoms with E-state index in [1.807, 2.05) is 47.3 Å². The molecule has 26 heavy (non-hydrogen) atoms. The molecule has 0 amide bonds. The lowest BCUT2D eigenvalue weighted by Crippen LogP contribution is -3.12. The van der Waals surface area contributed by atoms with E-state index in [2.05, 4.69) is 21.0 Å². The minimum absolute atomic E-state index is 0.232. The SMILES string of the molecule is Fc1ccccc1-c1c(C[NH+]2CCOCC2)cnn1-c1ccc(Br)cc1. The van der Waals surface area contributed by atoms with Gasteiger partial charge in [0.15, 0.2) is 0 Å². The molecule has 2 aromatic carbocycles. The molecule has 0 bridgehead atoms. The van der Waals surface area contributed by atoms with Crippen LogP contribution in [0, 0.1) is 5.82 Å². The molecule has 4 rings (SSSR count). The van der Waals surface area contributed by atoms with Crippen LogP contribution < -0.4 is 4.90 Å². The molecule has 0 atom stereocenters. The van der Waals surface area contributed by atoms with E-state index in [0.29, 0.717) is 5.56 Å². The Morgan fingerprint density at radius 1 is 1.08 bits per heavy atom. The first-order valence-corrected chi connectivity index (χ1v) is 9.51. The molecule has 1 fully saturated rings. The zero-order chi connectivity index (χ0) is 17.9. The molecule has 1 N–H and O–H groups in total. The Hall–Kier alpha value is -2.02. The second-order valence-corrected chi connectivity index (χ2v) is 7.34. The van der Waals surface area contributed by atoms with Gasteiger partial charge in [-0.2, -0.15) is 5.10 Å². The van der Waals surface area contributed by atoms with Crippen LogP contribution in [-0.2, 0) is 11.3 Å². The maximum Gasteiger partial charge on any atom is 0.132 e. The van der Waals surface area contributed by atoms with E-state index in [0.717, 1.165) is 54.3 Å². The summed E-state index contributed by atoms with van der Waals surface area (Å²) in [5.74, 6) is -0.232. The molecule has 1 aromatic heterocycles. The smallest absolute Gasteiger partial charge is 0.132 e. The number of hydrogen-bond donors (Lipinski definition) is 1. The Morgan fingerprint density at radius 2 is 1.81 bits per heavy atom. The topological polar surface area (TPSA) is 31.5 Å². The first kappa shape index (κ1) is 17.4. The van der Waals surface area contributed by atoms with Gasteiger partial charge in [0.1, 0.15) is 25.5 Å². The van der Waals surface area contributed by atoms with Crippen LogP contribution in [0.2, 0.25) is 0 Å². The number of rotatable bonds is 4. The molecule has 0 saturated carbocycles. The van der Waals surface area contributed by atoms with Gasteiger partial charge in [-0.3, -0.25) is 0 Å². The first-order chi connectivity index (χ1) is 12.7. The maximum atomic E-state index is 14.6. The van der Waals surface area contributed by atoms with Gasteiger partial charge in [0.05, 0.1) is 36.4 Å². The van der Waals surface area contributed by atoms with E-state index in [1.165, 1.54) is 11.0 Å². The molecule has 6 heteroatoms. The van der Waals surface area contributed by atoms with Gasteiger partial charge >= 0.3 is 0 Å². The number of nitrogens with one attached hydrogen (secondary N) is 1. The van der Waals surface area contributed by atoms with Crippen LogP contribution >= 0.6 is 15.9 Å². The standard InChI is InChI=1S/C20H19BrFN3O/c21-16-5-7-17(8-6-16)25-20(18-3-1-2-4-19(18)22)15(13-23-25)14-24-9-11-26-12-10-24/h1-8,13H,9-12,14H2/p+1. The van der Waals surface area contributed by atoms with Gasteiger partial charge < -0.3 is 9.64 Å². The molecule has 1 aliphatic rings. The van der Waals surface area contributed by atoms with E-state index in [-0.39, 0.29) is 5.82 Å². The van der Waals surface area contributed by atoms with Gasteiger partial charge in [0.2, 0.25) is 0 Å². The van der Waals surface area contributed by atoms with Crippen LogP contribution in [-0.4, -0.2) is 36.1 Å². The summed E-state index contributed by atoms with van der Waals surface area (Å²) in [6.07, 6.45) is 1.87. The number of benzene rings is 2. The van der Waals surface area contributed by atoms with Crippen molar-refractivity contribution >= 4 is 15.9 Å². The van der Waals surface area contributed by atoms with Gasteiger partial charge in [0.25, 0.3) is 0 Å². The van der Waals surface area contributed by atoms with Crippen molar-refractivity contribution in [1.29, 1.82) is 0 Å². The normalized spacial score (nSPS) is 15.3. The molecule has 3 aromatic rings. The third-order valence-electron chi connectivity index (χ3n) is 4.69. The third kappa shape index (κ3) is 3.58. The molecule has 0 aliphatic carbocycles. The Morgan fingerprint density at radius 3 is 2.54 bits per heavy atom. The molecule has 0 unspecified atom stereocenters. The van der Waals surface area contributed by atoms with Crippen molar-refractivity contribution in [3.05, 3.63) is 70.6 Å². The summed E-state index contributed by atoms with van der Waals surface area (Å²) in [7, 11) is 0. The summed E-state index contributed by atoms with van der Waals surface area (Å²) in [5.41, 5.74) is 3.37. The highest BCUT2D eigenvalue weighted by Crippen LogP contribution is 2.29. The molecule has 1 saturated heterocycles. The van der Waals surface area contributed by atoms with Crippen molar-refractivity contribution in [2.45, 2.75) is 6.54 Å². The molecule has 0 spiro atoms. The Labute approximate surface area is 160 Å². The monoisotopic (exact) mass is 416 g/mol. The van der Waals surface area contributed by atoms with Gasteiger partial charge in [-0.05, 0) is 36.4 Å². The van der Waals surface area contributed by atoms with Crippen LogP contribution in [0.1, 0.15) is 5.56 Å². The van der Waals surface area contributed by atoms with Crippen molar-refractivity contribution in [3.8, 4) is 16.9 Å². The van der Waals surface area contributed by atoms with Crippen LogP contribution in [0.15, 0.2) is 59.2 Å². The quantitative estimate of drug-likeness (QED) is 0.708. The number of ether oxygens (including phenoxy) is 1. The summed E-state index contributed by atoms with van der Waals surface area (Å²) in [6.45, 7) is 4.26. The van der Waals surface area contributed by atoms with E-state index < -0.39 is 0 Å². The number of nitrogens with zero attached hydrogens (tertiary/aromatic N) is 2. The van der Waals surface area contributed by atoms with E-state index >= 15 is 0 Å². The minimum Gasteiger partial charge on any atom is -0.370 e. The van der Waals surface area contributed by atoms with E-state index in [9.17, 15) is 4.39 Å². The largest absolute Gasteiger partial charge is 0.370 e. The van der Waals surface area contributed by atoms with Crippen molar-refractivity contribution in [2.75, 3.05) is 26.3 Å².